The molecule has 146 valence electrons. The maximum Gasteiger partial charge on any atom is 0.298 e. The van der Waals surface area contributed by atoms with Crippen molar-refractivity contribution in [1.29, 1.82) is 0 Å². The number of aryl methyl sites for hydroxylation is 1. The fourth-order valence-electron chi connectivity index (χ4n) is 3.49. The summed E-state index contributed by atoms with van der Waals surface area (Å²) in [4.78, 5) is 19.4. The number of halogens is 1. The van der Waals surface area contributed by atoms with Gasteiger partial charge in [0.05, 0.1) is 12.8 Å². The first kappa shape index (κ1) is 18.6. The number of aromatic nitrogens is 1. The first-order chi connectivity index (χ1) is 13.5. The molecule has 1 fully saturated rings. The van der Waals surface area contributed by atoms with E-state index in [0.717, 1.165) is 42.6 Å². The predicted octanol–water partition coefficient (Wildman–Crippen LogP) is 4.65. The predicted molar refractivity (Wildman–Crippen MR) is 110 cm³/mol. The van der Waals surface area contributed by atoms with Crippen LogP contribution in [0, 0.1) is 12.8 Å². The van der Waals surface area contributed by atoms with Gasteiger partial charge in [0, 0.05) is 30.1 Å². The summed E-state index contributed by atoms with van der Waals surface area (Å²) in [6.45, 7) is 3.35. The van der Waals surface area contributed by atoms with Crippen molar-refractivity contribution >= 4 is 40.3 Å². The molecule has 7 heteroatoms. The standard InChI is InChI=1S/C21H22ClN3O3/c1-13-11-17(19(27-2)12-15(13)22)23-20(26)14-7-9-25(10-8-14)21-24-16-5-3-4-6-18(16)28-21/h3-6,11-12,14H,7-10H2,1-2H3,(H,23,26). The van der Waals surface area contributed by atoms with E-state index < -0.39 is 0 Å². The molecule has 0 saturated carbocycles. The highest BCUT2D eigenvalue weighted by molar-refractivity contribution is 6.31. The van der Waals surface area contributed by atoms with Gasteiger partial charge in [-0.25, -0.2) is 0 Å². The van der Waals surface area contributed by atoms with E-state index in [1.165, 1.54) is 0 Å². The Kier molecular flexibility index (Phi) is 5.13. The van der Waals surface area contributed by atoms with Gasteiger partial charge in [0.2, 0.25) is 5.91 Å². The van der Waals surface area contributed by atoms with Crippen molar-refractivity contribution in [2.75, 3.05) is 30.4 Å². The van der Waals surface area contributed by atoms with Crippen LogP contribution in [0.15, 0.2) is 40.8 Å². The lowest BCUT2D eigenvalue weighted by Gasteiger charge is -2.30. The van der Waals surface area contributed by atoms with Crippen molar-refractivity contribution in [3.8, 4) is 5.75 Å². The molecule has 1 amide bonds. The summed E-state index contributed by atoms with van der Waals surface area (Å²) in [5.74, 6) is 0.492. The Labute approximate surface area is 168 Å². The minimum atomic E-state index is -0.0682. The SMILES string of the molecule is COc1cc(Cl)c(C)cc1NC(=O)C1CCN(c2nc3ccccc3o2)CC1. The number of para-hydroxylation sites is 2. The molecular formula is C21H22ClN3O3. The van der Waals surface area contributed by atoms with Crippen LogP contribution < -0.4 is 15.0 Å². The molecule has 3 aromatic rings. The van der Waals surface area contributed by atoms with Crippen LogP contribution in [0.25, 0.3) is 11.1 Å². The molecule has 0 atom stereocenters. The van der Waals surface area contributed by atoms with Crippen molar-refractivity contribution in [3.05, 3.63) is 47.0 Å². The number of carbonyl (C=O) groups is 1. The van der Waals surface area contributed by atoms with Gasteiger partial charge in [-0.2, -0.15) is 4.98 Å². The quantitative estimate of drug-likeness (QED) is 0.691. The number of fused-ring (bicyclic) bond motifs is 1. The highest BCUT2D eigenvalue weighted by atomic mass is 35.5. The van der Waals surface area contributed by atoms with E-state index in [0.29, 0.717) is 22.5 Å². The Morgan fingerprint density at radius 2 is 2.04 bits per heavy atom. The summed E-state index contributed by atoms with van der Waals surface area (Å²) in [5, 5.41) is 3.61. The third kappa shape index (κ3) is 3.64. The van der Waals surface area contributed by atoms with Crippen LogP contribution in [-0.4, -0.2) is 31.1 Å². The first-order valence-electron chi connectivity index (χ1n) is 9.30. The number of amides is 1. The monoisotopic (exact) mass is 399 g/mol. The second kappa shape index (κ2) is 7.72. The number of nitrogens with zero attached hydrogens (tertiary/aromatic N) is 2. The zero-order valence-corrected chi connectivity index (χ0v) is 16.6. The largest absolute Gasteiger partial charge is 0.495 e. The van der Waals surface area contributed by atoms with Crippen LogP contribution in [0.5, 0.6) is 5.75 Å². The third-order valence-corrected chi connectivity index (χ3v) is 5.56. The van der Waals surface area contributed by atoms with E-state index in [1.807, 2.05) is 37.3 Å². The number of benzene rings is 2. The van der Waals surface area contributed by atoms with Crippen LogP contribution in [0.3, 0.4) is 0 Å². The van der Waals surface area contributed by atoms with E-state index >= 15 is 0 Å². The number of anilines is 2. The van der Waals surface area contributed by atoms with E-state index in [9.17, 15) is 4.79 Å². The summed E-state index contributed by atoms with van der Waals surface area (Å²) in [7, 11) is 1.56. The zero-order valence-electron chi connectivity index (χ0n) is 15.9. The van der Waals surface area contributed by atoms with Gasteiger partial charge < -0.3 is 19.4 Å². The molecule has 0 bridgehead atoms. The Hall–Kier alpha value is -2.73. The maximum absolute atomic E-state index is 12.8. The average Bonchev–Trinajstić information content (AvgIpc) is 3.15. The summed E-state index contributed by atoms with van der Waals surface area (Å²) in [6, 6.07) is 11.9. The van der Waals surface area contributed by atoms with Gasteiger partial charge in [0.15, 0.2) is 5.58 Å². The number of hydrogen-bond acceptors (Lipinski definition) is 5. The van der Waals surface area contributed by atoms with Gasteiger partial charge in [-0.3, -0.25) is 4.79 Å². The molecule has 1 saturated heterocycles. The van der Waals surface area contributed by atoms with E-state index in [4.69, 9.17) is 20.8 Å². The fraction of sp³-hybridized carbons (Fsp3) is 0.333. The smallest absolute Gasteiger partial charge is 0.298 e. The highest BCUT2D eigenvalue weighted by Gasteiger charge is 2.28. The van der Waals surface area contributed by atoms with Crippen LogP contribution in [-0.2, 0) is 4.79 Å². The van der Waals surface area contributed by atoms with Gasteiger partial charge in [-0.15, -0.1) is 0 Å². The molecule has 2 aromatic carbocycles. The molecule has 4 rings (SSSR count). The van der Waals surface area contributed by atoms with Crippen molar-refractivity contribution in [1.82, 2.24) is 4.98 Å². The summed E-state index contributed by atoms with van der Waals surface area (Å²) in [5.41, 5.74) is 3.17. The molecule has 1 N–H and O–H groups in total. The van der Waals surface area contributed by atoms with E-state index in [-0.39, 0.29) is 11.8 Å². The number of hydrogen-bond donors (Lipinski definition) is 1. The van der Waals surface area contributed by atoms with Crippen molar-refractivity contribution in [2.45, 2.75) is 19.8 Å². The van der Waals surface area contributed by atoms with Crippen molar-refractivity contribution < 1.29 is 13.9 Å². The van der Waals surface area contributed by atoms with Gasteiger partial charge in [-0.05, 0) is 43.5 Å². The zero-order chi connectivity index (χ0) is 19.7. The molecule has 0 unspecified atom stereocenters. The second-order valence-corrected chi connectivity index (χ2v) is 7.42. The number of ether oxygens (including phenoxy) is 1. The van der Waals surface area contributed by atoms with Crippen LogP contribution in [0.2, 0.25) is 5.02 Å². The molecule has 28 heavy (non-hydrogen) atoms. The van der Waals surface area contributed by atoms with Gasteiger partial charge in [0.25, 0.3) is 6.01 Å². The Balaban J connectivity index is 1.41. The van der Waals surface area contributed by atoms with Crippen LogP contribution in [0.4, 0.5) is 11.7 Å². The molecule has 0 spiro atoms. The Morgan fingerprint density at radius 3 is 2.75 bits per heavy atom. The van der Waals surface area contributed by atoms with Crippen molar-refractivity contribution in [3.63, 3.8) is 0 Å². The molecule has 1 aliphatic rings. The van der Waals surface area contributed by atoms with Gasteiger partial charge in [0.1, 0.15) is 11.3 Å². The first-order valence-corrected chi connectivity index (χ1v) is 9.68. The highest BCUT2D eigenvalue weighted by Crippen LogP contribution is 2.32. The summed E-state index contributed by atoms with van der Waals surface area (Å²) < 4.78 is 11.2. The number of piperidine rings is 1. The lowest BCUT2D eigenvalue weighted by atomic mass is 9.96. The minimum Gasteiger partial charge on any atom is -0.495 e. The van der Waals surface area contributed by atoms with Gasteiger partial charge >= 0.3 is 0 Å². The number of oxazole rings is 1. The molecule has 0 aliphatic carbocycles. The lowest BCUT2D eigenvalue weighted by Crippen LogP contribution is -2.38. The minimum absolute atomic E-state index is 0.00256. The third-order valence-electron chi connectivity index (χ3n) is 5.16. The number of methoxy groups -OCH3 is 1. The number of carbonyl (C=O) groups excluding carboxylic acids is 1. The molecule has 0 radical (unpaired) electrons. The summed E-state index contributed by atoms with van der Waals surface area (Å²) >= 11 is 6.14. The van der Waals surface area contributed by atoms with Crippen molar-refractivity contribution in [2.24, 2.45) is 5.92 Å². The van der Waals surface area contributed by atoms with Crippen LogP contribution >= 0.6 is 11.6 Å². The van der Waals surface area contributed by atoms with E-state index in [1.54, 1.807) is 13.2 Å². The summed E-state index contributed by atoms with van der Waals surface area (Å²) in [6.07, 6.45) is 1.47. The topological polar surface area (TPSA) is 67.6 Å². The second-order valence-electron chi connectivity index (χ2n) is 7.02. The molecule has 2 heterocycles. The molecule has 1 aromatic heterocycles. The lowest BCUT2D eigenvalue weighted by molar-refractivity contribution is -0.120. The average molecular weight is 400 g/mol. The number of rotatable bonds is 4. The fourth-order valence-corrected chi connectivity index (χ4v) is 3.65. The molecule has 1 aliphatic heterocycles. The molecular weight excluding hydrogens is 378 g/mol. The van der Waals surface area contributed by atoms with Gasteiger partial charge in [-0.1, -0.05) is 23.7 Å². The normalized spacial score (nSPS) is 15.0. The number of nitrogens with one attached hydrogen (secondary N) is 1. The maximum atomic E-state index is 12.8. The van der Waals surface area contributed by atoms with Crippen LogP contribution in [0.1, 0.15) is 18.4 Å². The molecule has 6 nitrogen and oxygen atoms in total. The van der Waals surface area contributed by atoms with E-state index in [2.05, 4.69) is 15.2 Å². The Bertz CT molecular complexity index is 976. The Morgan fingerprint density at radius 1 is 1.29 bits per heavy atom.